The van der Waals surface area contributed by atoms with Gasteiger partial charge in [-0.25, -0.2) is 4.98 Å². The summed E-state index contributed by atoms with van der Waals surface area (Å²) >= 11 is 0. The number of carbonyl (C=O) groups excluding carboxylic acids is 1. The zero-order valence-corrected chi connectivity index (χ0v) is 13.1. The third-order valence-corrected chi connectivity index (χ3v) is 4.79. The molecule has 22 heavy (non-hydrogen) atoms. The molecule has 4 nitrogen and oxygen atoms in total. The fourth-order valence-corrected chi connectivity index (χ4v) is 3.44. The number of rotatable bonds is 6. The van der Waals surface area contributed by atoms with Gasteiger partial charge in [-0.3, -0.25) is 4.79 Å². The van der Waals surface area contributed by atoms with E-state index in [4.69, 9.17) is 0 Å². The highest BCUT2D eigenvalue weighted by Crippen LogP contribution is 2.44. The van der Waals surface area contributed by atoms with Gasteiger partial charge in [0.25, 0.3) is 5.91 Å². The van der Waals surface area contributed by atoms with Gasteiger partial charge >= 0.3 is 0 Å². The molecule has 118 valence electrons. The lowest BCUT2D eigenvalue weighted by Crippen LogP contribution is -2.28. The molecule has 2 aliphatic rings. The minimum absolute atomic E-state index is 0.106. The van der Waals surface area contributed by atoms with Gasteiger partial charge < -0.3 is 10.6 Å². The molecule has 0 bridgehead atoms. The van der Waals surface area contributed by atoms with Crippen LogP contribution >= 0.6 is 0 Å². The molecular formula is C18H25N3O. The Balaban J connectivity index is 1.54. The van der Waals surface area contributed by atoms with Crippen molar-refractivity contribution >= 4 is 11.7 Å². The molecule has 0 aliphatic heterocycles. The van der Waals surface area contributed by atoms with Gasteiger partial charge in [0.1, 0.15) is 5.82 Å². The maximum atomic E-state index is 11.8. The normalized spacial score (nSPS) is 24.5. The van der Waals surface area contributed by atoms with E-state index in [1.807, 2.05) is 12.1 Å². The highest BCUT2D eigenvalue weighted by atomic mass is 16.1. The Morgan fingerprint density at radius 3 is 2.82 bits per heavy atom. The van der Waals surface area contributed by atoms with Crippen LogP contribution in [0.25, 0.3) is 0 Å². The van der Waals surface area contributed by atoms with Crippen LogP contribution < -0.4 is 10.6 Å². The van der Waals surface area contributed by atoms with Crippen LogP contribution in [0.2, 0.25) is 0 Å². The number of hydrogen-bond acceptors (Lipinski definition) is 3. The summed E-state index contributed by atoms with van der Waals surface area (Å²) < 4.78 is 0. The lowest BCUT2D eigenvalue weighted by atomic mass is 9.83. The molecule has 2 fully saturated rings. The lowest BCUT2D eigenvalue weighted by molar-refractivity contribution is 0.0957. The quantitative estimate of drug-likeness (QED) is 0.792. The van der Waals surface area contributed by atoms with E-state index in [1.54, 1.807) is 12.3 Å². The molecule has 2 unspecified atom stereocenters. The second kappa shape index (κ2) is 6.95. The molecule has 1 heterocycles. The van der Waals surface area contributed by atoms with Crippen molar-refractivity contribution in [1.29, 1.82) is 0 Å². The first-order valence-corrected chi connectivity index (χ1v) is 8.38. The highest BCUT2D eigenvalue weighted by molar-refractivity contribution is 5.94. The van der Waals surface area contributed by atoms with Crippen LogP contribution in [0, 0.1) is 11.8 Å². The maximum absolute atomic E-state index is 11.8. The fourth-order valence-electron chi connectivity index (χ4n) is 3.44. The number of amides is 1. The number of nitrogens with one attached hydrogen (secondary N) is 2. The van der Waals surface area contributed by atoms with Gasteiger partial charge in [-0.05, 0) is 49.7 Å². The van der Waals surface area contributed by atoms with Crippen molar-refractivity contribution in [2.45, 2.75) is 44.6 Å². The molecule has 4 heteroatoms. The first-order chi connectivity index (χ1) is 10.8. The summed E-state index contributed by atoms with van der Waals surface area (Å²) in [5.74, 6) is 2.68. The van der Waals surface area contributed by atoms with Crippen LogP contribution in [-0.2, 0) is 0 Å². The molecule has 0 radical (unpaired) electrons. The van der Waals surface area contributed by atoms with Crippen LogP contribution in [0.4, 0.5) is 5.82 Å². The fraction of sp³-hybridized carbons (Fsp3) is 0.556. The SMILES string of the molecule is C=CCNC(=O)c1ccc(NC2CCCC(C3CC3)C2)nc1. The van der Waals surface area contributed by atoms with E-state index in [0.717, 1.165) is 17.7 Å². The average molecular weight is 299 g/mol. The Labute approximate surface area is 132 Å². The average Bonchev–Trinajstić information content (AvgIpc) is 3.38. The molecule has 2 aliphatic carbocycles. The summed E-state index contributed by atoms with van der Waals surface area (Å²) in [4.78, 5) is 16.2. The number of nitrogens with zero attached hydrogens (tertiary/aromatic N) is 1. The monoisotopic (exact) mass is 299 g/mol. The number of carbonyl (C=O) groups is 1. The largest absolute Gasteiger partial charge is 0.367 e. The van der Waals surface area contributed by atoms with Gasteiger partial charge in [-0.1, -0.05) is 18.9 Å². The summed E-state index contributed by atoms with van der Waals surface area (Å²) in [6.45, 7) is 4.06. The van der Waals surface area contributed by atoms with Crippen molar-refractivity contribution in [3.8, 4) is 0 Å². The van der Waals surface area contributed by atoms with Crippen molar-refractivity contribution in [2.24, 2.45) is 11.8 Å². The van der Waals surface area contributed by atoms with E-state index in [0.29, 0.717) is 18.2 Å². The maximum Gasteiger partial charge on any atom is 0.253 e. The zero-order chi connectivity index (χ0) is 15.4. The minimum Gasteiger partial charge on any atom is -0.367 e. The standard InChI is InChI=1S/C18H25N3O/c1-2-10-19-18(22)15-8-9-17(20-12-15)21-16-5-3-4-14(11-16)13-6-7-13/h2,8-9,12-14,16H,1,3-7,10-11H2,(H,19,22)(H,20,21). The molecule has 1 aromatic heterocycles. The van der Waals surface area contributed by atoms with E-state index < -0.39 is 0 Å². The predicted molar refractivity (Wildman–Crippen MR) is 88.9 cm³/mol. The Hall–Kier alpha value is -1.84. The van der Waals surface area contributed by atoms with Crippen LogP contribution in [0.3, 0.4) is 0 Å². The van der Waals surface area contributed by atoms with E-state index in [1.165, 1.54) is 38.5 Å². The number of pyridine rings is 1. The summed E-state index contributed by atoms with van der Waals surface area (Å²) in [5.41, 5.74) is 0.590. The first-order valence-electron chi connectivity index (χ1n) is 8.38. The van der Waals surface area contributed by atoms with E-state index in [9.17, 15) is 4.79 Å². The van der Waals surface area contributed by atoms with Gasteiger partial charge in [-0.2, -0.15) is 0 Å². The highest BCUT2D eigenvalue weighted by Gasteiger charge is 2.34. The molecule has 0 saturated heterocycles. The Bertz CT molecular complexity index is 522. The molecule has 2 N–H and O–H groups in total. The van der Waals surface area contributed by atoms with E-state index in [-0.39, 0.29) is 5.91 Å². The summed E-state index contributed by atoms with van der Waals surface area (Å²) in [5, 5.41) is 6.30. The van der Waals surface area contributed by atoms with Gasteiger partial charge in [0.2, 0.25) is 0 Å². The van der Waals surface area contributed by atoms with Crippen LogP contribution in [0.5, 0.6) is 0 Å². The molecule has 0 aromatic carbocycles. The third kappa shape index (κ3) is 3.87. The molecule has 1 aromatic rings. The number of aromatic nitrogens is 1. The topological polar surface area (TPSA) is 54.0 Å². The predicted octanol–water partition coefficient (Wildman–Crippen LogP) is 3.38. The number of anilines is 1. The van der Waals surface area contributed by atoms with Gasteiger partial charge in [0.05, 0.1) is 5.56 Å². The van der Waals surface area contributed by atoms with Crippen molar-refractivity contribution < 1.29 is 4.79 Å². The zero-order valence-electron chi connectivity index (χ0n) is 13.1. The molecule has 0 spiro atoms. The first kappa shape index (κ1) is 15.1. The van der Waals surface area contributed by atoms with Crippen LogP contribution in [0.15, 0.2) is 31.0 Å². The van der Waals surface area contributed by atoms with Crippen molar-refractivity contribution in [1.82, 2.24) is 10.3 Å². The molecule has 1 amide bonds. The Kier molecular flexibility index (Phi) is 4.76. The van der Waals surface area contributed by atoms with Gasteiger partial charge in [0.15, 0.2) is 0 Å². The van der Waals surface area contributed by atoms with E-state index >= 15 is 0 Å². The molecular weight excluding hydrogens is 274 g/mol. The summed E-state index contributed by atoms with van der Waals surface area (Å²) in [7, 11) is 0. The second-order valence-electron chi connectivity index (χ2n) is 6.54. The molecule has 3 rings (SSSR count). The van der Waals surface area contributed by atoms with Crippen LogP contribution in [0.1, 0.15) is 48.9 Å². The van der Waals surface area contributed by atoms with Gasteiger partial charge in [0, 0.05) is 18.8 Å². The van der Waals surface area contributed by atoms with E-state index in [2.05, 4.69) is 22.2 Å². The smallest absolute Gasteiger partial charge is 0.253 e. The lowest BCUT2D eigenvalue weighted by Gasteiger charge is -2.30. The molecule has 2 saturated carbocycles. The summed E-state index contributed by atoms with van der Waals surface area (Å²) in [6.07, 6.45) is 11.4. The van der Waals surface area contributed by atoms with Crippen LogP contribution in [-0.4, -0.2) is 23.5 Å². The van der Waals surface area contributed by atoms with Crippen molar-refractivity contribution in [3.05, 3.63) is 36.5 Å². The Morgan fingerprint density at radius 2 is 2.14 bits per heavy atom. The minimum atomic E-state index is -0.106. The van der Waals surface area contributed by atoms with Crippen molar-refractivity contribution in [3.63, 3.8) is 0 Å². The second-order valence-corrected chi connectivity index (χ2v) is 6.54. The molecule has 2 atom stereocenters. The summed E-state index contributed by atoms with van der Waals surface area (Å²) in [6, 6.07) is 4.27. The number of hydrogen-bond donors (Lipinski definition) is 2. The Morgan fingerprint density at radius 1 is 1.27 bits per heavy atom. The third-order valence-electron chi connectivity index (χ3n) is 4.79. The van der Waals surface area contributed by atoms with Gasteiger partial charge in [-0.15, -0.1) is 6.58 Å². The van der Waals surface area contributed by atoms with Crippen molar-refractivity contribution in [2.75, 3.05) is 11.9 Å².